The minimum atomic E-state index is -0.754. The van der Waals surface area contributed by atoms with E-state index in [9.17, 15) is 9.90 Å². The molecule has 0 heterocycles. The summed E-state index contributed by atoms with van der Waals surface area (Å²) in [6.07, 6.45) is 2.81. The Morgan fingerprint density at radius 2 is 2.08 bits per heavy atom. The Balaban J connectivity index is 3.62. The van der Waals surface area contributed by atoms with E-state index in [0.29, 0.717) is 19.3 Å². The van der Waals surface area contributed by atoms with Crippen LogP contribution in [0.3, 0.4) is 0 Å². The standard InChI is InChI=1S/C10H20O3/c1-4-10(3,13)7-5-6-8(2)9(11)12/h8,13H,4-7H2,1-3H3,(H,11,12). The van der Waals surface area contributed by atoms with Gasteiger partial charge in [-0.05, 0) is 32.6 Å². The molecule has 2 atom stereocenters. The number of aliphatic carboxylic acids is 1. The van der Waals surface area contributed by atoms with Gasteiger partial charge in [0, 0.05) is 0 Å². The normalized spacial score (nSPS) is 17.8. The third-order valence-electron chi connectivity index (χ3n) is 2.54. The van der Waals surface area contributed by atoms with Crippen molar-refractivity contribution < 1.29 is 15.0 Å². The maximum atomic E-state index is 10.5. The van der Waals surface area contributed by atoms with E-state index in [2.05, 4.69) is 0 Å². The summed E-state index contributed by atoms with van der Waals surface area (Å²) in [4.78, 5) is 10.5. The van der Waals surface area contributed by atoms with Crippen molar-refractivity contribution >= 4 is 5.97 Å². The molecule has 0 bridgehead atoms. The van der Waals surface area contributed by atoms with E-state index in [4.69, 9.17) is 5.11 Å². The molecule has 0 aliphatic carbocycles. The summed E-state index contributed by atoms with van der Waals surface area (Å²) in [6, 6.07) is 0. The predicted octanol–water partition coefficient (Wildman–Crippen LogP) is 2.04. The van der Waals surface area contributed by atoms with Gasteiger partial charge < -0.3 is 10.2 Å². The van der Waals surface area contributed by atoms with E-state index >= 15 is 0 Å². The third-order valence-corrected chi connectivity index (χ3v) is 2.54. The van der Waals surface area contributed by atoms with Crippen LogP contribution in [0.5, 0.6) is 0 Å². The van der Waals surface area contributed by atoms with Crippen LogP contribution >= 0.6 is 0 Å². The van der Waals surface area contributed by atoms with Crippen LogP contribution in [0.4, 0.5) is 0 Å². The van der Waals surface area contributed by atoms with Gasteiger partial charge in [-0.3, -0.25) is 4.79 Å². The molecular formula is C10H20O3. The fraction of sp³-hybridized carbons (Fsp3) is 0.900. The monoisotopic (exact) mass is 188 g/mol. The predicted molar refractivity (Wildman–Crippen MR) is 51.6 cm³/mol. The van der Waals surface area contributed by atoms with Crippen LogP contribution in [-0.4, -0.2) is 21.8 Å². The SMILES string of the molecule is CCC(C)(O)CCCC(C)C(=O)O. The summed E-state index contributed by atoms with van der Waals surface area (Å²) < 4.78 is 0. The molecule has 0 saturated heterocycles. The van der Waals surface area contributed by atoms with Crippen molar-refractivity contribution in [2.24, 2.45) is 5.92 Å². The van der Waals surface area contributed by atoms with E-state index in [0.717, 1.165) is 6.42 Å². The molecule has 0 aliphatic heterocycles. The molecule has 2 unspecified atom stereocenters. The molecule has 2 N–H and O–H groups in total. The van der Waals surface area contributed by atoms with E-state index in [-0.39, 0.29) is 5.92 Å². The molecule has 0 aliphatic rings. The highest BCUT2D eigenvalue weighted by molar-refractivity contribution is 5.69. The average Bonchev–Trinajstić information content (AvgIpc) is 2.04. The zero-order valence-corrected chi connectivity index (χ0v) is 8.71. The van der Waals surface area contributed by atoms with Gasteiger partial charge in [0.05, 0.1) is 11.5 Å². The molecule has 13 heavy (non-hydrogen) atoms. The van der Waals surface area contributed by atoms with Crippen molar-refractivity contribution in [1.29, 1.82) is 0 Å². The zero-order chi connectivity index (χ0) is 10.5. The van der Waals surface area contributed by atoms with Crippen molar-refractivity contribution in [2.75, 3.05) is 0 Å². The lowest BCUT2D eigenvalue weighted by molar-refractivity contribution is -0.141. The number of carbonyl (C=O) groups is 1. The summed E-state index contributed by atoms with van der Waals surface area (Å²) in [7, 11) is 0. The second kappa shape index (κ2) is 5.22. The minimum absolute atomic E-state index is 0.298. The second-order valence-electron chi connectivity index (χ2n) is 3.98. The van der Waals surface area contributed by atoms with Crippen LogP contribution in [-0.2, 0) is 4.79 Å². The van der Waals surface area contributed by atoms with Crippen LogP contribution in [0, 0.1) is 5.92 Å². The van der Waals surface area contributed by atoms with Crippen LogP contribution in [0.15, 0.2) is 0 Å². The maximum Gasteiger partial charge on any atom is 0.306 e. The molecule has 0 aromatic rings. The number of aliphatic hydroxyl groups is 1. The first-order valence-electron chi connectivity index (χ1n) is 4.84. The third kappa shape index (κ3) is 5.64. The van der Waals surface area contributed by atoms with Gasteiger partial charge in [0.25, 0.3) is 0 Å². The van der Waals surface area contributed by atoms with E-state index in [1.165, 1.54) is 0 Å². The summed E-state index contributed by atoms with van der Waals surface area (Å²) in [6.45, 7) is 5.42. The lowest BCUT2D eigenvalue weighted by atomic mass is 9.93. The average molecular weight is 188 g/mol. The van der Waals surface area contributed by atoms with Gasteiger partial charge in [-0.1, -0.05) is 13.8 Å². The van der Waals surface area contributed by atoms with E-state index in [1.807, 2.05) is 6.92 Å². The molecule has 0 amide bonds. The van der Waals surface area contributed by atoms with Gasteiger partial charge in [-0.2, -0.15) is 0 Å². The molecule has 0 radical (unpaired) electrons. The number of carboxylic acid groups (broad SMARTS) is 1. The van der Waals surface area contributed by atoms with Gasteiger partial charge in [0.15, 0.2) is 0 Å². The molecule has 3 nitrogen and oxygen atoms in total. The van der Waals surface area contributed by atoms with Crippen molar-refractivity contribution in [3.05, 3.63) is 0 Å². The summed E-state index contributed by atoms with van der Waals surface area (Å²) >= 11 is 0. The number of hydrogen-bond acceptors (Lipinski definition) is 2. The Bertz CT molecular complexity index is 164. The van der Waals surface area contributed by atoms with Crippen molar-refractivity contribution in [2.45, 2.75) is 52.1 Å². The largest absolute Gasteiger partial charge is 0.481 e. The molecule has 78 valence electrons. The van der Waals surface area contributed by atoms with Crippen molar-refractivity contribution in [3.63, 3.8) is 0 Å². The number of carboxylic acids is 1. The lowest BCUT2D eigenvalue weighted by Gasteiger charge is -2.21. The second-order valence-corrected chi connectivity index (χ2v) is 3.98. The van der Waals surface area contributed by atoms with Crippen LogP contribution in [0.25, 0.3) is 0 Å². The molecule has 0 saturated carbocycles. The molecule has 0 aromatic carbocycles. The molecule has 0 aromatic heterocycles. The van der Waals surface area contributed by atoms with Gasteiger partial charge in [0.1, 0.15) is 0 Å². The van der Waals surface area contributed by atoms with Crippen LogP contribution < -0.4 is 0 Å². The Morgan fingerprint density at radius 1 is 1.54 bits per heavy atom. The zero-order valence-electron chi connectivity index (χ0n) is 8.71. The summed E-state index contributed by atoms with van der Waals surface area (Å²) in [5, 5.41) is 18.2. The Kier molecular flexibility index (Phi) is 4.99. The molecule has 3 heteroatoms. The topological polar surface area (TPSA) is 57.5 Å². The minimum Gasteiger partial charge on any atom is -0.481 e. The first-order valence-corrected chi connectivity index (χ1v) is 4.84. The molecule has 0 spiro atoms. The lowest BCUT2D eigenvalue weighted by Crippen LogP contribution is -2.23. The van der Waals surface area contributed by atoms with Gasteiger partial charge >= 0.3 is 5.97 Å². The molecule has 0 rings (SSSR count). The summed E-state index contributed by atoms with van der Waals surface area (Å²) in [5.74, 6) is -1.05. The van der Waals surface area contributed by atoms with Crippen molar-refractivity contribution in [3.8, 4) is 0 Å². The van der Waals surface area contributed by atoms with Crippen LogP contribution in [0.1, 0.15) is 46.5 Å². The van der Waals surface area contributed by atoms with E-state index < -0.39 is 11.6 Å². The highest BCUT2D eigenvalue weighted by Gasteiger charge is 2.18. The molecule has 0 fully saturated rings. The highest BCUT2D eigenvalue weighted by atomic mass is 16.4. The number of hydrogen-bond donors (Lipinski definition) is 2. The van der Waals surface area contributed by atoms with Gasteiger partial charge in [0.2, 0.25) is 0 Å². The van der Waals surface area contributed by atoms with Gasteiger partial charge in [-0.25, -0.2) is 0 Å². The quantitative estimate of drug-likeness (QED) is 0.670. The Morgan fingerprint density at radius 3 is 2.46 bits per heavy atom. The van der Waals surface area contributed by atoms with Crippen LogP contribution in [0.2, 0.25) is 0 Å². The van der Waals surface area contributed by atoms with E-state index in [1.54, 1.807) is 13.8 Å². The first kappa shape index (κ1) is 12.4. The Labute approximate surface area is 79.8 Å². The molecular weight excluding hydrogens is 168 g/mol. The van der Waals surface area contributed by atoms with Crippen molar-refractivity contribution in [1.82, 2.24) is 0 Å². The fourth-order valence-corrected chi connectivity index (χ4v) is 1.09. The fourth-order valence-electron chi connectivity index (χ4n) is 1.09. The number of rotatable bonds is 6. The Hall–Kier alpha value is -0.570. The first-order chi connectivity index (χ1) is 5.89. The smallest absolute Gasteiger partial charge is 0.306 e. The maximum absolute atomic E-state index is 10.5. The van der Waals surface area contributed by atoms with Gasteiger partial charge in [-0.15, -0.1) is 0 Å². The highest BCUT2D eigenvalue weighted by Crippen LogP contribution is 2.19. The summed E-state index contributed by atoms with van der Waals surface area (Å²) in [5.41, 5.74) is -0.627.